The zero-order valence-corrected chi connectivity index (χ0v) is 17.0. The number of para-hydroxylation sites is 2. The van der Waals surface area contributed by atoms with Crippen LogP contribution in [-0.4, -0.2) is 9.55 Å². The molecule has 0 saturated carbocycles. The molecular weight excluding hydrogens is 352 g/mol. The van der Waals surface area contributed by atoms with Crippen LogP contribution in [0.25, 0.3) is 38.4 Å². The van der Waals surface area contributed by atoms with E-state index in [2.05, 4.69) is 58.2 Å². The van der Waals surface area contributed by atoms with Crippen LogP contribution in [0.5, 0.6) is 0 Å². The molecule has 0 aliphatic rings. The highest BCUT2D eigenvalue weighted by Gasteiger charge is 2.14. The number of aromatic amines is 1. The van der Waals surface area contributed by atoms with Gasteiger partial charge in [-0.1, -0.05) is 75.7 Å². The molecular formula is C24H25ClN2. The Morgan fingerprint density at radius 1 is 0.741 bits per heavy atom. The summed E-state index contributed by atoms with van der Waals surface area (Å²) in [5, 5.41) is 4.21. The van der Waals surface area contributed by atoms with Crippen LogP contribution in [0.3, 0.4) is 0 Å². The van der Waals surface area contributed by atoms with Gasteiger partial charge in [0.1, 0.15) is 0 Å². The van der Waals surface area contributed by atoms with E-state index in [-0.39, 0.29) is 0 Å². The van der Waals surface area contributed by atoms with Gasteiger partial charge >= 0.3 is 0 Å². The van der Waals surface area contributed by atoms with E-state index in [0.29, 0.717) is 0 Å². The fourth-order valence-electron chi connectivity index (χ4n) is 3.39. The molecule has 0 bridgehead atoms. The molecule has 0 atom stereocenters. The molecule has 138 valence electrons. The Morgan fingerprint density at radius 3 is 2.15 bits per heavy atom. The summed E-state index contributed by atoms with van der Waals surface area (Å²) in [6.45, 7) is 8.00. The topological polar surface area (TPSA) is 20.7 Å². The molecule has 0 fully saturated rings. The highest BCUT2D eigenvalue weighted by atomic mass is 35.5. The van der Waals surface area contributed by atoms with Crippen molar-refractivity contribution in [2.75, 3.05) is 0 Å². The molecule has 0 amide bonds. The van der Waals surface area contributed by atoms with Crippen molar-refractivity contribution in [1.82, 2.24) is 9.55 Å². The number of benzene rings is 3. The maximum atomic E-state index is 6.57. The van der Waals surface area contributed by atoms with Gasteiger partial charge < -0.3 is 9.55 Å². The first-order valence-electron chi connectivity index (χ1n) is 9.58. The van der Waals surface area contributed by atoms with E-state index in [9.17, 15) is 0 Å². The molecule has 0 aliphatic carbocycles. The number of halogens is 1. The largest absolute Gasteiger partial charge is 0.353 e. The molecule has 3 aromatic carbocycles. The van der Waals surface area contributed by atoms with Crippen LogP contribution in [-0.2, 0) is 0 Å². The SMILES string of the molecule is CC.CC.Clc1cc2c3ccccc3[nH]c2c2c1ccn2-c1ccccc1. The number of H-pyrrole nitrogens is 1. The zero-order chi connectivity index (χ0) is 19.4. The minimum absolute atomic E-state index is 0.784. The van der Waals surface area contributed by atoms with Crippen molar-refractivity contribution in [2.24, 2.45) is 0 Å². The number of hydrogen-bond acceptors (Lipinski definition) is 0. The normalized spacial score (nSPS) is 10.4. The second-order valence-corrected chi connectivity index (χ2v) is 6.14. The average molecular weight is 377 g/mol. The van der Waals surface area contributed by atoms with Gasteiger partial charge in [-0.2, -0.15) is 0 Å². The molecule has 2 heterocycles. The van der Waals surface area contributed by atoms with Gasteiger partial charge in [0.25, 0.3) is 0 Å². The van der Waals surface area contributed by atoms with E-state index in [4.69, 9.17) is 11.6 Å². The molecule has 0 radical (unpaired) electrons. The van der Waals surface area contributed by atoms with Crippen LogP contribution < -0.4 is 0 Å². The van der Waals surface area contributed by atoms with Crippen molar-refractivity contribution in [2.45, 2.75) is 27.7 Å². The number of hydrogen-bond donors (Lipinski definition) is 1. The summed E-state index contributed by atoms with van der Waals surface area (Å²) >= 11 is 6.57. The minimum Gasteiger partial charge on any atom is -0.353 e. The van der Waals surface area contributed by atoms with Gasteiger partial charge in [-0.3, -0.25) is 0 Å². The summed E-state index contributed by atoms with van der Waals surface area (Å²) in [6, 6.07) is 22.8. The Morgan fingerprint density at radius 2 is 1.41 bits per heavy atom. The van der Waals surface area contributed by atoms with E-state index < -0.39 is 0 Å². The highest BCUT2D eigenvalue weighted by Crippen LogP contribution is 2.37. The first-order valence-corrected chi connectivity index (χ1v) is 9.96. The molecule has 5 aromatic rings. The molecule has 5 rings (SSSR count). The van der Waals surface area contributed by atoms with Crippen LogP contribution in [0.4, 0.5) is 0 Å². The number of nitrogens with zero attached hydrogens (tertiary/aromatic N) is 1. The van der Waals surface area contributed by atoms with Crippen molar-refractivity contribution in [3.63, 3.8) is 0 Å². The Balaban J connectivity index is 0.000000495. The molecule has 2 nitrogen and oxygen atoms in total. The van der Waals surface area contributed by atoms with Crippen molar-refractivity contribution >= 4 is 44.3 Å². The summed E-state index contributed by atoms with van der Waals surface area (Å²) in [5.74, 6) is 0. The average Bonchev–Trinajstić information content (AvgIpc) is 3.34. The lowest BCUT2D eigenvalue weighted by Crippen LogP contribution is -1.92. The van der Waals surface area contributed by atoms with Crippen molar-refractivity contribution < 1.29 is 0 Å². The molecule has 27 heavy (non-hydrogen) atoms. The maximum absolute atomic E-state index is 6.57. The van der Waals surface area contributed by atoms with Crippen molar-refractivity contribution in [3.8, 4) is 5.69 Å². The van der Waals surface area contributed by atoms with E-state index in [1.807, 2.05) is 52.0 Å². The third-order valence-electron chi connectivity index (χ3n) is 4.43. The van der Waals surface area contributed by atoms with E-state index in [1.54, 1.807) is 0 Å². The minimum atomic E-state index is 0.784. The van der Waals surface area contributed by atoms with E-state index >= 15 is 0 Å². The quantitative estimate of drug-likeness (QED) is 0.306. The van der Waals surface area contributed by atoms with E-state index in [0.717, 1.165) is 38.0 Å². The predicted molar refractivity (Wildman–Crippen MR) is 120 cm³/mol. The smallest absolute Gasteiger partial charge is 0.0786 e. The second kappa shape index (κ2) is 8.32. The van der Waals surface area contributed by atoms with Crippen molar-refractivity contribution in [1.29, 1.82) is 0 Å². The molecule has 0 unspecified atom stereocenters. The number of nitrogens with one attached hydrogen (secondary N) is 1. The Hall–Kier alpha value is -2.71. The lowest BCUT2D eigenvalue weighted by Gasteiger charge is -2.07. The van der Waals surface area contributed by atoms with Gasteiger partial charge in [0.2, 0.25) is 0 Å². The fraction of sp³-hybridized carbons (Fsp3) is 0.167. The van der Waals surface area contributed by atoms with Gasteiger partial charge in [-0.05, 0) is 30.3 Å². The summed E-state index contributed by atoms with van der Waals surface area (Å²) in [5.41, 5.74) is 4.51. The van der Waals surface area contributed by atoms with Crippen LogP contribution in [0, 0.1) is 0 Å². The Labute approximate surface area is 165 Å². The Bertz CT molecular complexity index is 1170. The summed E-state index contributed by atoms with van der Waals surface area (Å²) in [4.78, 5) is 3.56. The van der Waals surface area contributed by atoms with Crippen LogP contribution in [0.2, 0.25) is 5.02 Å². The lowest BCUT2D eigenvalue weighted by molar-refractivity contribution is 1.13. The molecule has 1 N–H and O–H groups in total. The maximum Gasteiger partial charge on any atom is 0.0786 e. The van der Waals surface area contributed by atoms with Crippen LogP contribution in [0.15, 0.2) is 72.9 Å². The number of rotatable bonds is 1. The third kappa shape index (κ3) is 3.22. The van der Waals surface area contributed by atoms with Crippen LogP contribution >= 0.6 is 11.6 Å². The monoisotopic (exact) mass is 376 g/mol. The second-order valence-electron chi connectivity index (χ2n) is 5.74. The molecule has 0 saturated heterocycles. The standard InChI is InChI=1S/C20H13ClN2.2C2H6/c21-17-12-16-14-8-4-5-9-18(14)22-19(16)20-15(17)10-11-23(20)13-6-2-1-3-7-13;2*1-2/h1-12,22H;2*1-2H3. The lowest BCUT2D eigenvalue weighted by atomic mass is 10.1. The first-order chi connectivity index (χ1) is 13.3. The summed E-state index contributed by atoms with van der Waals surface area (Å²) in [7, 11) is 0. The van der Waals surface area contributed by atoms with Crippen molar-refractivity contribution in [3.05, 3.63) is 77.9 Å². The van der Waals surface area contributed by atoms with Gasteiger partial charge in [0.15, 0.2) is 0 Å². The van der Waals surface area contributed by atoms with Gasteiger partial charge in [-0.15, -0.1) is 0 Å². The number of fused-ring (bicyclic) bond motifs is 5. The van der Waals surface area contributed by atoms with Gasteiger partial charge in [0.05, 0.1) is 16.1 Å². The summed E-state index contributed by atoms with van der Waals surface area (Å²) < 4.78 is 2.19. The molecule has 3 heteroatoms. The fourth-order valence-corrected chi connectivity index (χ4v) is 3.65. The Kier molecular flexibility index (Phi) is 5.88. The number of aromatic nitrogens is 2. The molecule has 0 aliphatic heterocycles. The third-order valence-corrected chi connectivity index (χ3v) is 4.74. The first kappa shape index (κ1) is 19.1. The predicted octanol–water partition coefficient (Wildman–Crippen LogP) is 7.97. The highest BCUT2D eigenvalue weighted by molar-refractivity contribution is 6.38. The molecule has 0 spiro atoms. The van der Waals surface area contributed by atoms with Crippen LogP contribution in [0.1, 0.15) is 27.7 Å². The zero-order valence-electron chi connectivity index (χ0n) is 16.3. The van der Waals surface area contributed by atoms with E-state index in [1.165, 1.54) is 5.39 Å². The van der Waals surface area contributed by atoms with Gasteiger partial charge in [-0.25, -0.2) is 0 Å². The molecule has 2 aromatic heterocycles. The van der Waals surface area contributed by atoms with Gasteiger partial charge in [0, 0.05) is 33.6 Å². The summed E-state index contributed by atoms with van der Waals surface area (Å²) in [6.07, 6.45) is 2.08.